The number of rotatable bonds is 2. The molecule has 0 aliphatic heterocycles. The van der Waals surface area contributed by atoms with Crippen molar-refractivity contribution in [3.63, 3.8) is 0 Å². The number of nitrogens with two attached hydrogens (primary N) is 1. The van der Waals surface area contributed by atoms with Gasteiger partial charge in [0.25, 0.3) is 0 Å². The highest BCUT2D eigenvalue weighted by atomic mass is 79.9. The molecule has 1 heterocycles. The summed E-state index contributed by atoms with van der Waals surface area (Å²) in [4.78, 5) is 3.98. The third-order valence-electron chi connectivity index (χ3n) is 1.88. The summed E-state index contributed by atoms with van der Waals surface area (Å²) in [5.41, 5.74) is 5.79. The Kier molecular flexibility index (Phi) is 3.22. The minimum Gasteiger partial charge on any atom is -0.338 e. The van der Waals surface area contributed by atoms with Gasteiger partial charge < -0.3 is 10.3 Å². The molecule has 0 saturated heterocycles. The van der Waals surface area contributed by atoms with E-state index in [0.717, 1.165) is 0 Å². The second kappa shape index (κ2) is 4.48. The van der Waals surface area contributed by atoms with Crippen LogP contribution in [0.15, 0.2) is 21.1 Å². The Morgan fingerprint density at radius 3 is 2.81 bits per heavy atom. The highest BCUT2D eigenvalue weighted by Crippen LogP contribution is 2.30. The first-order valence-corrected chi connectivity index (χ1v) is 5.46. The van der Waals surface area contributed by atoms with Gasteiger partial charge in [0.2, 0.25) is 11.7 Å². The maximum Gasteiger partial charge on any atom is 0.240 e. The second-order valence-corrected chi connectivity index (χ2v) is 4.20. The Labute approximate surface area is 104 Å². The van der Waals surface area contributed by atoms with Crippen molar-refractivity contribution in [1.29, 1.82) is 0 Å². The SMILES string of the molecule is NCc1nc(-c2cc(F)c(Cl)c(Br)c2)no1. The average Bonchev–Trinajstić information content (AvgIpc) is 2.73. The topological polar surface area (TPSA) is 64.9 Å². The van der Waals surface area contributed by atoms with Crippen LogP contribution in [0.1, 0.15) is 5.89 Å². The van der Waals surface area contributed by atoms with Crippen LogP contribution >= 0.6 is 27.5 Å². The van der Waals surface area contributed by atoms with Crippen LogP contribution in [-0.2, 0) is 6.54 Å². The summed E-state index contributed by atoms with van der Waals surface area (Å²) in [6.07, 6.45) is 0. The Hall–Kier alpha value is -0.980. The van der Waals surface area contributed by atoms with Crippen molar-refractivity contribution in [3.8, 4) is 11.4 Å². The van der Waals surface area contributed by atoms with Gasteiger partial charge in [-0.25, -0.2) is 4.39 Å². The number of hydrogen-bond acceptors (Lipinski definition) is 4. The van der Waals surface area contributed by atoms with Crippen LogP contribution in [0.2, 0.25) is 5.02 Å². The maximum atomic E-state index is 13.3. The minimum atomic E-state index is -0.551. The molecule has 7 heteroatoms. The highest BCUT2D eigenvalue weighted by molar-refractivity contribution is 9.10. The van der Waals surface area contributed by atoms with Crippen molar-refractivity contribution >= 4 is 27.5 Å². The molecule has 1 aromatic carbocycles. The van der Waals surface area contributed by atoms with E-state index in [0.29, 0.717) is 15.9 Å². The zero-order valence-corrected chi connectivity index (χ0v) is 10.2. The van der Waals surface area contributed by atoms with Gasteiger partial charge in [-0.2, -0.15) is 4.98 Å². The molecular formula is C9H6BrClFN3O. The smallest absolute Gasteiger partial charge is 0.240 e. The van der Waals surface area contributed by atoms with Gasteiger partial charge in [-0.05, 0) is 28.1 Å². The molecule has 4 nitrogen and oxygen atoms in total. The first kappa shape index (κ1) is 11.5. The molecule has 84 valence electrons. The normalized spacial score (nSPS) is 10.8. The van der Waals surface area contributed by atoms with Crippen LogP contribution in [-0.4, -0.2) is 10.1 Å². The van der Waals surface area contributed by atoms with E-state index in [4.69, 9.17) is 21.9 Å². The summed E-state index contributed by atoms with van der Waals surface area (Å²) < 4.78 is 18.6. The lowest BCUT2D eigenvalue weighted by atomic mass is 10.2. The monoisotopic (exact) mass is 305 g/mol. The molecule has 0 aliphatic rings. The summed E-state index contributed by atoms with van der Waals surface area (Å²) in [5.74, 6) is 0.0170. The van der Waals surface area contributed by atoms with E-state index in [-0.39, 0.29) is 17.4 Å². The largest absolute Gasteiger partial charge is 0.338 e. The van der Waals surface area contributed by atoms with Crippen molar-refractivity contribution in [2.45, 2.75) is 6.54 Å². The number of aromatic nitrogens is 2. The molecule has 0 radical (unpaired) electrons. The molecule has 0 fully saturated rings. The van der Waals surface area contributed by atoms with E-state index in [9.17, 15) is 4.39 Å². The third-order valence-corrected chi connectivity index (χ3v) is 3.12. The molecule has 0 bridgehead atoms. The quantitative estimate of drug-likeness (QED) is 0.867. The fraction of sp³-hybridized carbons (Fsp3) is 0.111. The molecule has 0 unspecified atom stereocenters. The molecule has 0 amide bonds. The van der Waals surface area contributed by atoms with E-state index >= 15 is 0 Å². The lowest BCUT2D eigenvalue weighted by molar-refractivity contribution is 0.380. The molecule has 2 aromatic rings. The van der Waals surface area contributed by atoms with Crippen LogP contribution in [0.25, 0.3) is 11.4 Å². The standard InChI is InChI=1S/C9H6BrClFN3O/c10-5-1-4(2-6(12)8(5)11)9-14-7(3-13)16-15-9/h1-2H,3,13H2. The first-order chi connectivity index (χ1) is 7.61. The Morgan fingerprint density at radius 2 is 2.25 bits per heavy atom. The highest BCUT2D eigenvalue weighted by Gasteiger charge is 2.12. The zero-order valence-electron chi connectivity index (χ0n) is 7.88. The number of hydrogen-bond donors (Lipinski definition) is 1. The fourth-order valence-corrected chi connectivity index (χ4v) is 1.68. The van der Waals surface area contributed by atoms with E-state index in [2.05, 4.69) is 26.1 Å². The summed E-state index contributed by atoms with van der Waals surface area (Å²) in [6, 6.07) is 2.84. The van der Waals surface area contributed by atoms with Gasteiger partial charge in [0.05, 0.1) is 11.6 Å². The predicted molar refractivity (Wildman–Crippen MR) is 60.3 cm³/mol. The van der Waals surface area contributed by atoms with Crippen LogP contribution in [0.5, 0.6) is 0 Å². The number of nitrogens with zero attached hydrogens (tertiary/aromatic N) is 2. The Bertz CT molecular complexity index is 508. The van der Waals surface area contributed by atoms with E-state index in [1.807, 2.05) is 0 Å². The Balaban J connectivity index is 2.48. The van der Waals surface area contributed by atoms with Crippen molar-refractivity contribution < 1.29 is 8.91 Å². The summed E-state index contributed by atoms with van der Waals surface area (Å²) in [6.45, 7) is 0.143. The fourth-order valence-electron chi connectivity index (χ4n) is 1.14. The van der Waals surface area contributed by atoms with Crippen LogP contribution in [0.3, 0.4) is 0 Å². The summed E-state index contributed by atoms with van der Waals surface area (Å²) >= 11 is 8.80. The van der Waals surface area contributed by atoms with Gasteiger partial charge in [0.1, 0.15) is 5.82 Å². The average molecular weight is 307 g/mol. The zero-order chi connectivity index (χ0) is 11.7. The van der Waals surface area contributed by atoms with Gasteiger partial charge in [-0.1, -0.05) is 16.8 Å². The molecule has 0 saturated carbocycles. The van der Waals surface area contributed by atoms with Crippen molar-refractivity contribution in [2.24, 2.45) is 5.73 Å². The number of benzene rings is 1. The summed E-state index contributed by atoms with van der Waals surface area (Å²) in [7, 11) is 0. The molecular weight excluding hydrogens is 300 g/mol. The van der Waals surface area contributed by atoms with E-state index in [1.165, 1.54) is 6.07 Å². The second-order valence-electron chi connectivity index (χ2n) is 2.97. The van der Waals surface area contributed by atoms with Gasteiger partial charge >= 0.3 is 0 Å². The Morgan fingerprint density at radius 1 is 1.50 bits per heavy atom. The van der Waals surface area contributed by atoms with Crippen molar-refractivity contribution in [2.75, 3.05) is 0 Å². The van der Waals surface area contributed by atoms with Gasteiger partial charge in [-0.3, -0.25) is 0 Å². The molecule has 0 spiro atoms. The lowest BCUT2D eigenvalue weighted by Gasteiger charge is -2.00. The van der Waals surface area contributed by atoms with Crippen molar-refractivity contribution in [3.05, 3.63) is 33.3 Å². The molecule has 0 atom stereocenters. The van der Waals surface area contributed by atoms with Crippen molar-refractivity contribution in [1.82, 2.24) is 10.1 Å². The van der Waals surface area contributed by atoms with Crippen LogP contribution in [0, 0.1) is 5.82 Å². The first-order valence-electron chi connectivity index (χ1n) is 4.29. The molecule has 0 aliphatic carbocycles. The molecule has 1 aromatic heterocycles. The molecule has 2 N–H and O–H groups in total. The minimum absolute atomic E-state index is 0.0197. The van der Waals surface area contributed by atoms with Crippen LogP contribution < -0.4 is 5.73 Å². The number of halogens is 3. The van der Waals surface area contributed by atoms with E-state index in [1.54, 1.807) is 6.07 Å². The molecule has 2 rings (SSSR count). The molecule has 16 heavy (non-hydrogen) atoms. The third kappa shape index (κ3) is 2.09. The van der Waals surface area contributed by atoms with Gasteiger partial charge in [-0.15, -0.1) is 0 Å². The van der Waals surface area contributed by atoms with E-state index < -0.39 is 5.82 Å². The maximum absolute atomic E-state index is 13.3. The predicted octanol–water partition coefficient (Wildman–Crippen LogP) is 2.75. The lowest BCUT2D eigenvalue weighted by Crippen LogP contribution is -1.95. The van der Waals surface area contributed by atoms with Gasteiger partial charge in [0.15, 0.2) is 0 Å². The van der Waals surface area contributed by atoms with Gasteiger partial charge in [0, 0.05) is 10.0 Å². The van der Waals surface area contributed by atoms with Crippen LogP contribution in [0.4, 0.5) is 4.39 Å². The summed E-state index contributed by atoms with van der Waals surface area (Å²) in [5, 5.41) is 3.69.